The van der Waals surface area contributed by atoms with Crippen molar-refractivity contribution in [2.45, 2.75) is 40.5 Å². The fourth-order valence-corrected chi connectivity index (χ4v) is 2.47. The molecular formula is C20H21NO4. The fourth-order valence-electron chi connectivity index (χ4n) is 2.47. The van der Waals surface area contributed by atoms with E-state index in [1.165, 1.54) is 6.07 Å². The van der Waals surface area contributed by atoms with E-state index in [1.807, 2.05) is 6.92 Å². The minimum Gasteiger partial charge on any atom is -0.453 e. The van der Waals surface area contributed by atoms with E-state index >= 15 is 0 Å². The molecule has 0 unspecified atom stereocenters. The molecule has 130 valence electrons. The molecule has 0 bridgehead atoms. The molecule has 0 atom stereocenters. The molecule has 0 saturated carbocycles. The minimum absolute atomic E-state index is 0.0467. The Kier molecular flexibility index (Phi) is 4.33. The summed E-state index contributed by atoms with van der Waals surface area (Å²) in [4.78, 5) is 28.7. The lowest BCUT2D eigenvalue weighted by atomic mass is 9.97. The van der Waals surface area contributed by atoms with Crippen LogP contribution in [0, 0.1) is 5.41 Å². The first kappa shape index (κ1) is 17.1. The number of carbonyl (C=O) groups excluding carboxylic acids is 1. The highest BCUT2D eigenvalue weighted by atomic mass is 16.5. The van der Waals surface area contributed by atoms with E-state index < -0.39 is 5.41 Å². The van der Waals surface area contributed by atoms with Crippen LogP contribution in [0.1, 0.15) is 39.7 Å². The number of rotatable bonds is 3. The number of benzene rings is 2. The molecule has 1 aromatic carbocycles. The Morgan fingerprint density at radius 2 is 1.96 bits per heavy atom. The minimum atomic E-state index is -0.596. The maximum atomic E-state index is 12.1. The second kappa shape index (κ2) is 6.31. The van der Waals surface area contributed by atoms with Crippen LogP contribution in [-0.4, -0.2) is 11.0 Å². The van der Waals surface area contributed by atoms with Crippen LogP contribution in [0.15, 0.2) is 39.5 Å². The van der Waals surface area contributed by atoms with Crippen molar-refractivity contribution < 1.29 is 13.9 Å². The maximum absolute atomic E-state index is 12.1. The molecule has 0 saturated heterocycles. The fraction of sp³-hybridized carbons (Fsp3) is 0.350. The second-order valence-electron chi connectivity index (χ2n) is 7.16. The smallest absolute Gasteiger partial charge is 0.316 e. The topological polar surface area (TPSA) is 69.4 Å². The quantitative estimate of drug-likeness (QED) is 0.406. The molecule has 0 amide bonds. The lowest BCUT2D eigenvalue weighted by molar-refractivity contribution is -0.142. The summed E-state index contributed by atoms with van der Waals surface area (Å²) in [6, 6.07) is 8.32. The predicted octanol–water partition coefficient (Wildman–Crippen LogP) is 4.20. The Morgan fingerprint density at radius 1 is 1.20 bits per heavy atom. The average Bonchev–Trinajstić information content (AvgIpc) is 2.53. The number of aromatic nitrogens is 1. The molecule has 5 nitrogen and oxygen atoms in total. The van der Waals surface area contributed by atoms with Crippen LogP contribution in [0.2, 0.25) is 0 Å². The summed E-state index contributed by atoms with van der Waals surface area (Å²) < 4.78 is 11.2. The zero-order valence-electron chi connectivity index (χ0n) is 14.9. The van der Waals surface area contributed by atoms with Gasteiger partial charge in [0.25, 0.3) is 0 Å². The van der Waals surface area contributed by atoms with Crippen LogP contribution >= 0.6 is 0 Å². The first-order valence-corrected chi connectivity index (χ1v) is 8.38. The monoisotopic (exact) mass is 339 g/mol. The lowest BCUT2D eigenvalue weighted by Crippen LogP contribution is -2.25. The van der Waals surface area contributed by atoms with E-state index in [1.54, 1.807) is 45.0 Å². The van der Waals surface area contributed by atoms with Gasteiger partial charge in [0.05, 0.1) is 5.41 Å². The number of aryl methyl sites for hydroxylation is 1. The van der Waals surface area contributed by atoms with E-state index in [0.717, 1.165) is 18.4 Å². The molecule has 1 aliphatic heterocycles. The SMILES string of the molecule is CCCc1cc2nc3ccc(OC(=O)C(C)(C)C)cc3oc-2cc1=O. The van der Waals surface area contributed by atoms with Gasteiger partial charge in [0, 0.05) is 17.7 Å². The van der Waals surface area contributed by atoms with Gasteiger partial charge >= 0.3 is 5.97 Å². The predicted molar refractivity (Wildman–Crippen MR) is 96.0 cm³/mol. The summed E-state index contributed by atoms with van der Waals surface area (Å²) >= 11 is 0. The third-order valence-electron chi connectivity index (χ3n) is 3.88. The third-order valence-corrected chi connectivity index (χ3v) is 3.88. The number of ether oxygens (including phenoxy) is 1. The zero-order valence-corrected chi connectivity index (χ0v) is 14.9. The average molecular weight is 339 g/mol. The summed E-state index contributed by atoms with van der Waals surface area (Å²) in [7, 11) is 0. The van der Waals surface area contributed by atoms with Crippen molar-refractivity contribution in [2.75, 3.05) is 0 Å². The second-order valence-corrected chi connectivity index (χ2v) is 7.16. The summed E-state index contributed by atoms with van der Waals surface area (Å²) in [5.74, 6) is 0.491. The molecule has 0 N–H and O–H groups in total. The molecule has 3 rings (SSSR count). The lowest BCUT2D eigenvalue weighted by Gasteiger charge is -2.16. The summed E-state index contributed by atoms with van der Waals surface area (Å²) in [6.07, 6.45) is 1.62. The first-order chi connectivity index (χ1) is 11.8. The van der Waals surface area contributed by atoms with E-state index in [9.17, 15) is 9.59 Å². The molecule has 5 heteroatoms. The van der Waals surface area contributed by atoms with Gasteiger partial charge in [-0.15, -0.1) is 0 Å². The first-order valence-electron chi connectivity index (χ1n) is 8.38. The largest absolute Gasteiger partial charge is 0.453 e. The normalized spacial score (nSPS) is 11.8. The molecule has 0 spiro atoms. The number of hydrogen-bond acceptors (Lipinski definition) is 5. The van der Waals surface area contributed by atoms with E-state index in [-0.39, 0.29) is 11.4 Å². The van der Waals surface area contributed by atoms with Crippen molar-refractivity contribution in [3.63, 3.8) is 0 Å². The molecular weight excluding hydrogens is 318 g/mol. The van der Waals surface area contributed by atoms with Crippen LogP contribution in [0.3, 0.4) is 0 Å². The zero-order chi connectivity index (χ0) is 18.2. The van der Waals surface area contributed by atoms with Gasteiger partial charge < -0.3 is 9.15 Å². The Morgan fingerprint density at radius 3 is 2.64 bits per heavy atom. The molecule has 1 heterocycles. The molecule has 2 aliphatic rings. The van der Waals surface area contributed by atoms with Gasteiger partial charge in [-0.3, -0.25) is 9.59 Å². The Labute approximate surface area is 146 Å². The van der Waals surface area contributed by atoms with E-state index in [2.05, 4.69) is 4.98 Å². The van der Waals surface area contributed by atoms with Gasteiger partial charge in [0.15, 0.2) is 16.8 Å². The van der Waals surface area contributed by atoms with Crippen molar-refractivity contribution in [1.29, 1.82) is 0 Å². The van der Waals surface area contributed by atoms with Crippen LogP contribution in [0.25, 0.3) is 22.6 Å². The van der Waals surface area contributed by atoms with Crippen LogP contribution in [0.4, 0.5) is 0 Å². The maximum Gasteiger partial charge on any atom is 0.316 e. The van der Waals surface area contributed by atoms with Crippen molar-refractivity contribution in [3.8, 4) is 17.2 Å². The Bertz CT molecular complexity index is 966. The van der Waals surface area contributed by atoms with Gasteiger partial charge in [-0.25, -0.2) is 4.98 Å². The molecule has 0 radical (unpaired) electrons. The summed E-state index contributed by atoms with van der Waals surface area (Å²) in [5, 5.41) is 0. The number of hydrogen-bond donors (Lipinski definition) is 0. The van der Waals surface area contributed by atoms with E-state index in [0.29, 0.717) is 28.3 Å². The summed E-state index contributed by atoms with van der Waals surface area (Å²) in [5.41, 5.74) is 1.86. The van der Waals surface area contributed by atoms with Crippen molar-refractivity contribution in [3.05, 3.63) is 46.1 Å². The van der Waals surface area contributed by atoms with Gasteiger partial charge in [0.2, 0.25) is 0 Å². The van der Waals surface area contributed by atoms with Crippen LogP contribution in [0.5, 0.6) is 5.75 Å². The van der Waals surface area contributed by atoms with Gasteiger partial charge in [-0.1, -0.05) is 13.3 Å². The van der Waals surface area contributed by atoms with Crippen LogP contribution in [-0.2, 0) is 11.2 Å². The van der Waals surface area contributed by atoms with Crippen molar-refractivity contribution in [2.24, 2.45) is 5.41 Å². The van der Waals surface area contributed by atoms with E-state index in [4.69, 9.17) is 9.15 Å². The molecule has 1 aliphatic carbocycles. The molecule has 1 aromatic rings. The summed E-state index contributed by atoms with van der Waals surface area (Å²) in [6.45, 7) is 7.40. The number of nitrogens with zero attached hydrogens (tertiary/aromatic N) is 1. The molecule has 25 heavy (non-hydrogen) atoms. The van der Waals surface area contributed by atoms with Crippen molar-refractivity contribution in [1.82, 2.24) is 4.98 Å². The van der Waals surface area contributed by atoms with Crippen LogP contribution < -0.4 is 10.2 Å². The highest BCUT2D eigenvalue weighted by molar-refractivity contribution is 5.81. The Balaban J connectivity index is 2.05. The van der Waals surface area contributed by atoms with Gasteiger partial charge in [0.1, 0.15) is 17.0 Å². The third kappa shape index (κ3) is 3.55. The number of fused-ring (bicyclic) bond motifs is 2. The van der Waals surface area contributed by atoms with Crippen molar-refractivity contribution >= 4 is 17.1 Å². The van der Waals surface area contributed by atoms with Gasteiger partial charge in [-0.2, -0.15) is 0 Å². The highest BCUT2D eigenvalue weighted by Gasteiger charge is 2.24. The number of esters is 1. The highest BCUT2D eigenvalue weighted by Crippen LogP contribution is 2.28. The Hall–Kier alpha value is -2.69. The number of carbonyl (C=O) groups is 1. The standard InChI is InChI=1S/C20H21NO4/c1-5-6-12-9-15-18(11-16(12)22)25-17-10-13(7-8-14(17)21-15)24-19(23)20(2,3)4/h7-11H,5-6H2,1-4H3. The van der Waals surface area contributed by atoms with Gasteiger partial charge in [-0.05, 0) is 45.4 Å². The molecule has 0 fully saturated rings. The molecule has 0 aromatic heterocycles.